The quantitative estimate of drug-likeness (QED) is 0.514. The molecule has 0 bridgehead atoms. The minimum absolute atomic E-state index is 0.0325. The largest absolute Gasteiger partial charge is 0.416 e. The second-order valence-corrected chi connectivity index (χ2v) is 4.73. The molecule has 0 fully saturated rings. The molecule has 0 heterocycles. The Labute approximate surface area is 134 Å². The summed E-state index contributed by atoms with van der Waals surface area (Å²) in [5, 5.41) is 11.2. The lowest BCUT2D eigenvalue weighted by molar-refractivity contribution is -0.137. The lowest BCUT2D eigenvalue weighted by Gasteiger charge is -2.07. The topological polar surface area (TPSA) is 52.9 Å². The number of benzene rings is 2. The molecule has 1 amide bonds. The standard InChI is InChI=1S/C17H10F4N2O/c18-14-6-1-2-7-15(14)23-16(24)12(10-22)8-11-4-3-5-13(9-11)17(19,20)21/h1-9H,(H,23,24)/b12-8+. The number of rotatable bonds is 3. The number of carbonyl (C=O) groups excluding carboxylic acids is 1. The second-order valence-electron chi connectivity index (χ2n) is 4.73. The summed E-state index contributed by atoms with van der Waals surface area (Å²) < 4.78 is 51.5. The normalized spacial score (nSPS) is 11.7. The molecule has 0 atom stereocenters. The number of amides is 1. The van der Waals surface area contributed by atoms with E-state index in [-0.39, 0.29) is 11.3 Å². The predicted octanol–water partition coefficient (Wildman–Crippen LogP) is 4.39. The molecule has 0 saturated carbocycles. The molecule has 7 heteroatoms. The molecule has 0 radical (unpaired) electrons. The summed E-state index contributed by atoms with van der Waals surface area (Å²) in [5.74, 6) is -1.61. The van der Waals surface area contributed by atoms with Gasteiger partial charge < -0.3 is 5.32 Å². The van der Waals surface area contributed by atoms with Crippen molar-refractivity contribution in [1.29, 1.82) is 5.26 Å². The van der Waals surface area contributed by atoms with Gasteiger partial charge in [-0.3, -0.25) is 4.79 Å². The van der Waals surface area contributed by atoms with Gasteiger partial charge in [-0.2, -0.15) is 18.4 Å². The van der Waals surface area contributed by atoms with Crippen LogP contribution in [0.3, 0.4) is 0 Å². The van der Waals surface area contributed by atoms with Crippen LogP contribution in [0.4, 0.5) is 23.2 Å². The van der Waals surface area contributed by atoms with Gasteiger partial charge in [0.2, 0.25) is 0 Å². The van der Waals surface area contributed by atoms with Gasteiger partial charge in [0.1, 0.15) is 17.5 Å². The first kappa shape index (κ1) is 17.2. The van der Waals surface area contributed by atoms with Gasteiger partial charge in [-0.05, 0) is 35.9 Å². The highest BCUT2D eigenvalue weighted by atomic mass is 19.4. The number of nitriles is 1. The van der Waals surface area contributed by atoms with E-state index in [1.54, 1.807) is 6.07 Å². The van der Waals surface area contributed by atoms with Gasteiger partial charge >= 0.3 is 6.18 Å². The summed E-state index contributed by atoms with van der Waals surface area (Å²) in [4.78, 5) is 12.0. The zero-order valence-electron chi connectivity index (χ0n) is 12.1. The van der Waals surface area contributed by atoms with Crippen LogP contribution in [-0.2, 0) is 11.0 Å². The van der Waals surface area contributed by atoms with Gasteiger partial charge in [0, 0.05) is 0 Å². The fourth-order valence-electron chi connectivity index (χ4n) is 1.87. The van der Waals surface area contributed by atoms with Crippen LogP contribution in [0.25, 0.3) is 6.08 Å². The molecule has 3 nitrogen and oxygen atoms in total. The first-order valence-corrected chi connectivity index (χ1v) is 6.66. The van der Waals surface area contributed by atoms with Gasteiger partial charge in [-0.15, -0.1) is 0 Å². The molecule has 2 aromatic rings. The van der Waals surface area contributed by atoms with Crippen molar-refractivity contribution in [2.45, 2.75) is 6.18 Å². The lowest BCUT2D eigenvalue weighted by atomic mass is 10.1. The van der Waals surface area contributed by atoms with E-state index in [0.29, 0.717) is 0 Å². The van der Waals surface area contributed by atoms with E-state index in [1.807, 2.05) is 0 Å². The minimum atomic E-state index is -4.54. The van der Waals surface area contributed by atoms with Crippen LogP contribution in [-0.4, -0.2) is 5.91 Å². The summed E-state index contributed by atoms with van der Waals surface area (Å²) in [7, 11) is 0. The van der Waals surface area contributed by atoms with Crippen LogP contribution in [0.2, 0.25) is 0 Å². The average Bonchev–Trinajstić information content (AvgIpc) is 2.54. The summed E-state index contributed by atoms with van der Waals surface area (Å²) in [6.07, 6.45) is -3.53. The van der Waals surface area contributed by atoms with Crippen LogP contribution in [0.5, 0.6) is 0 Å². The van der Waals surface area contributed by atoms with E-state index in [2.05, 4.69) is 5.32 Å². The fraction of sp³-hybridized carbons (Fsp3) is 0.0588. The van der Waals surface area contributed by atoms with E-state index in [0.717, 1.165) is 24.3 Å². The molecule has 0 spiro atoms. The first-order chi connectivity index (χ1) is 11.3. The lowest BCUT2D eigenvalue weighted by Crippen LogP contribution is -2.14. The molecule has 0 aliphatic heterocycles. The number of carbonyl (C=O) groups is 1. The van der Waals surface area contributed by atoms with Gasteiger partial charge in [-0.1, -0.05) is 24.3 Å². The molecule has 0 unspecified atom stereocenters. The van der Waals surface area contributed by atoms with Gasteiger partial charge in [0.05, 0.1) is 11.3 Å². The van der Waals surface area contributed by atoms with Crippen molar-refractivity contribution in [2.75, 3.05) is 5.32 Å². The van der Waals surface area contributed by atoms with Crippen LogP contribution < -0.4 is 5.32 Å². The molecule has 24 heavy (non-hydrogen) atoms. The van der Waals surface area contributed by atoms with Crippen LogP contribution in [0.15, 0.2) is 54.1 Å². The SMILES string of the molecule is N#C/C(=C\c1cccc(C(F)(F)F)c1)C(=O)Nc1ccccc1F. The molecule has 122 valence electrons. The Hall–Kier alpha value is -3.14. The van der Waals surface area contributed by atoms with Crippen molar-refractivity contribution in [3.8, 4) is 6.07 Å². The Morgan fingerprint density at radius 1 is 1.12 bits per heavy atom. The molecule has 2 aromatic carbocycles. The Morgan fingerprint density at radius 2 is 1.83 bits per heavy atom. The maximum atomic E-state index is 13.5. The van der Waals surface area contributed by atoms with Gasteiger partial charge in [0.15, 0.2) is 0 Å². The Bertz CT molecular complexity index is 835. The monoisotopic (exact) mass is 334 g/mol. The van der Waals surface area contributed by atoms with Crippen molar-refractivity contribution in [1.82, 2.24) is 0 Å². The van der Waals surface area contributed by atoms with Crippen LogP contribution >= 0.6 is 0 Å². The molecular formula is C17H10F4N2O. The molecular weight excluding hydrogens is 324 g/mol. The number of halogens is 4. The number of hydrogen-bond acceptors (Lipinski definition) is 2. The average molecular weight is 334 g/mol. The van der Waals surface area contributed by atoms with E-state index in [1.165, 1.54) is 30.3 Å². The van der Waals surface area contributed by atoms with Crippen molar-refractivity contribution < 1.29 is 22.4 Å². The van der Waals surface area contributed by atoms with Crippen LogP contribution in [0, 0.1) is 17.1 Å². The Morgan fingerprint density at radius 3 is 2.46 bits per heavy atom. The third kappa shape index (κ3) is 4.20. The maximum absolute atomic E-state index is 13.5. The van der Waals surface area contributed by atoms with Gasteiger partial charge in [0.25, 0.3) is 5.91 Å². The molecule has 0 saturated heterocycles. The molecule has 2 rings (SSSR count). The molecule has 0 aliphatic carbocycles. The van der Waals surface area contributed by atoms with E-state index >= 15 is 0 Å². The summed E-state index contributed by atoms with van der Waals surface area (Å²) in [6, 6.07) is 11.1. The Kier molecular flexibility index (Phi) is 4.99. The summed E-state index contributed by atoms with van der Waals surface area (Å²) in [6.45, 7) is 0. The number of alkyl halides is 3. The summed E-state index contributed by atoms with van der Waals surface area (Å²) >= 11 is 0. The van der Waals surface area contributed by atoms with E-state index in [4.69, 9.17) is 5.26 Å². The molecule has 1 N–H and O–H groups in total. The van der Waals surface area contributed by atoms with E-state index < -0.39 is 29.0 Å². The highest BCUT2D eigenvalue weighted by Gasteiger charge is 2.30. The predicted molar refractivity (Wildman–Crippen MR) is 80.1 cm³/mol. The second kappa shape index (κ2) is 6.96. The zero-order chi connectivity index (χ0) is 17.7. The molecule has 0 aromatic heterocycles. The van der Waals surface area contributed by atoms with Gasteiger partial charge in [-0.25, -0.2) is 4.39 Å². The minimum Gasteiger partial charge on any atom is -0.319 e. The smallest absolute Gasteiger partial charge is 0.319 e. The number of anilines is 1. The van der Waals surface area contributed by atoms with Crippen LogP contribution in [0.1, 0.15) is 11.1 Å². The summed E-state index contributed by atoms with van der Waals surface area (Å²) in [5.41, 5.74) is -1.45. The van der Waals surface area contributed by atoms with Crippen molar-refractivity contribution >= 4 is 17.7 Å². The number of nitrogens with one attached hydrogen (secondary N) is 1. The third-order valence-corrected chi connectivity index (χ3v) is 3.01. The Balaban J connectivity index is 2.28. The fourth-order valence-corrected chi connectivity index (χ4v) is 1.87. The van der Waals surface area contributed by atoms with Crippen molar-refractivity contribution in [3.05, 3.63) is 71.0 Å². The van der Waals surface area contributed by atoms with Crippen molar-refractivity contribution in [2.24, 2.45) is 0 Å². The molecule has 0 aliphatic rings. The number of nitrogens with zero attached hydrogens (tertiary/aromatic N) is 1. The number of hydrogen-bond donors (Lipinski definition) is 1. The van der Waals surface area contributed by atoms with E-state index in [9.17, 15) is 22.4 Å². The zero-order valence-corrected chi connectivity index (χ0v) is 12.1. The number of para-hydroxylation sites is 1. The first-order valence-electron chi connectivity index (χ1n) is 6.66. The highest BCUT2D eigenvalue weighted by molar-refractivity contribution is 6.09. The maximum Gasteiger partial charge on any atom is 0.416 e. The van der Waals surface area contributed by atoms with Crippen molar-refractivity contribution in [3.63, 3.8) is 0 Å². The highest BCUT2D eigenvalue weighted by Crippen LogP contribution is 2.30. The third-order valence-electron chi connectivity index (χ3n) is 3.01.